The minimum absolute atomic E-state index is 0.103. The Kier molecular flexibility index (Phi) is 3.85. The number of alkyl halides is 3. The number of nitrogens with zero attached hydrogens (tertiary/aromatic N) is 1. The van der Waals surface area contributed by atoms with Gasteiger partial charge in [0.15, 0.2) is 0 Å². The largest absolute Gasteiger partial charge is 0.481 e. The highest BCUT2D eigenvalue weighted by Crippen LogP contribution is 2.40. The molecule has 0 unspecified atom stereocenters. The Hall–Kier alpha value is -2.77. The van der Waals surface area contributed by atoms with E-state index in [9.17, 15) is 23.1 Å². The van der Waals surface area contributed by atoms with Gasteiger partial charge in [0.25, 0.3) is 0 Å². The van der Waals surface area contributed by atoms with Crippen LogP contribution in [0.1, 0.15) is 30.7 Å². The molecule has 132 valence electrons. The number of anilines is 3. The Labute approximate surface area is 141 Å². The minimum Gasteiger partial charge on any atom is -0.481 e. The van der Waals surface area contributed by atoms with Crippen molar-refractivity contribution in [2.75, 3.05) is 10.6 Å². The van der Waals surface area contributed by atoms with Crippen molar-refractivity contribution in [3.8, 4) is 0 Å². The van der Waals surface area contributed by atoms with Crippen molar-refractivity contribution >= 4 is 23.2 Å². The van der Waals surface area contributed by atoms with Crippen LogP contribution in [-0.4, -0.2) is 16.1 Å². The van der Waals surface area contributed by atoms with Crippen molar-refractivity contribution in [2.24, 2.45) is 0 Å². The van der Waals surface area contributed by atoms with Gasteiger partial charge in [-0.25, -0.2) is 4.98 Å². The smallest absolute Gasteiger partial charge is 0.433 e. The minimum atomic E-state index is -4.54. The number of fused-ring (bicyclic) bond motifs is 2. The van der Waals surface area contributed by atoms with E-state index in [1.807, 2.05) is 0 Å². The van der Waals surface area contributed by atoms with E-state index in [-0.39, 0.29) is 12.4 Å². The molecule has 5 nitrogen and oxygen atoms in total. The lowest BCUT2D eigenvalue weighted by atomic mass is 9.83. The molecule has 2 aromatic rings. The fourth-order valence-corrected chi connectivity index (χ4v) is 2.69. The fraction of sp³-hybridized carbons (Fsp3) is 0.294. The third-order valence-corrected chi connectivity index (χ3v) is 4.25. The standard InChI is InChI=1S/C17H16F3N3O2/c1-16(2,15(24)25)10-4-3-5-11-13(10)21-8-9-6-7-12(17(18,19)20)23-14(9)22-11/h3-7,21H,8H2,1-2H3,(H,22,23)(H,24,25). The van der Waals surface area contributed by atoms with Gasteiger partial charge in [-0.2, -0.15) is 13.2 Å². The molecule has 3 rings (SSSR count). The number of rotatable bonds is 2. The van der Waals surface area contributed by atoms with E-state index in [2.05, 4.69) is 15.6 Å². The number of aliphatic carboxylic acids is 1. The fourth-order valence-electron chi connectivity index (χ4n) is 2.69. The lowest BCUT2D eigenvalue weighted by Gasteiger charge is -2.24. The zero-order chi connectivity index (χ0) is 18.4. The van der Waals surface area contributed by atoms with E-state index in [4.69, 9.17) is 0 Å². The molecule has 0 saturated carbocycles. The van der Waals surface area contributed by atoms with Crippen LogP contribution in [0.2, 0.25) is 0 Å². The second kappa shape index (κ2) is 5.65. The summed E-state index contributed by atoms with van der Waals surface area (Å²) in [6.07, 6.45) is -4.54. The molecule has 0 aliphatic carbocycles. The molecule has 0 spiro atoms. The summed E-state index contributed by atoms with van der Waals surface area (Å²) in [5.74, 6) is -0.895. The van der Waals surface area contributed by atoms with Crippen molar-refractivity contribution in [3.63, 3.8) is 0 Å². The number of hydrogen-bond donors (Lipinski definition) is 3. The lowest BCUT2D eigenvalue weighted by molar-refractivity contribution is -0.142. The second-order valence-electron chi connectivity index (χ2n) is 6.34. The summed E-state index contributed by atoms with van der Waals surface area (Å²) < 4.78 is 38.7. The van der Waals surface area contributed by atoms with Gasteiger partial charge < -0.3 is 15.7 Å². The quantitative estimate of drug-likeness (QED) is 0.759. The molecule has 2 heterocycles. The number of pyridine rings is 1. The average Bonchev–Trinajstić information content (AvgIpc) is 2.71. The number of halogens is 3. The number of carbonyl (C=O) groups is 1. The molecule has 8 heteroatoms. The Bertz CT molecular complexity index is 848. The molecule has 1 aromatic heterocycles. The van der Waals surface area contributed by atoms with Gasteiger partial charge in [-0.3, -0.25) is 4.79 Å². The summed E-state index contributed by atoms with van der Waals surface area (Å²) >= 11 is 0. The van der Waals surface area contributed by atoms with E-state index in [1.165, 1.54) is 6.07 Å². The molecule has 0 saturated heterocycles. The van der Waals surface area contributed by atoms with E-state index < -0.39 is 23.3 Å². The van der Waals surface area contributed by atoms with Crippen LogP contribution >= 0.6 is 0 Å². The predicted molar refractivity (Wildman–Crippen MR) is 87.0 cm³/mol. The van der Waals surface area contributed by atoms with Crippen LogP contribution in [0.3, 0.4) is 0 Å². The SMILES string of the molecule is CC(C)(C(=O)O)c1cccc2c1NCc1ccc(C(F)(F)F)nc1N2. The van der Waals surface area contributed by atoms with Gasteiger partial charge >= 0.3 is 12.1 Å². The third kappa shape index (κ3) is 2.99. The van der Waals surface area contributed by atoms with Gasteiger partial charge in [-0.05, 0) is 31.5 Å². The molecule has 25 heavy (non-hydrogen) atoms. The number of aromatic nitrogens is 1. The number of para-hydroxylation sites is 1. The zero-order valence-corrected chi connectivity index (χ0v) is 13.5. The molecule has 0 atom stereocenters. The van der Waals surface area contributed by atoms with Crippen LogP contribution in [0.15, 0.2) is 30.3 Å². The maximum absolute atomic E-state index is 12.9. The third-order valence-electron chi connectivity index (χ3n) is 4.25. The van der Waals surface area contributed by atoms with Gasteiger partial charge in [0.2, 0.25) is 0 Å². The zero-order valence-electron chi connectivity index (χ0n) is 13.5. The second-order valence-corrected chi connectivity index (χ2v) is 6.34. The number of nitrogens with one attached hydrogen (secondary N) is 2. The molecule has 1 aromatic carbocycles. The topological polar surface area (TPSA) is 74.2 Å². The molecule has 0 bridgehead atoms. The Morgan fingerprint density at radius 2 is 1.92 bits per heavy atom. The van der Waals surface area contributed by atoms with E-state index >= 15 is 0 Å². The summed E-state index contributed by atoms with van der Waals surface area (Å²) in [6.45, 7) is 3.38. The van der Waals surface area contributed by atoms with Crippen LogP contribution in [0.25, 0.3) is 0 Å². The Morgan fingerprint density at radius 3 is 2.56 bits per heavy atom. The average molecular weight is 351 g/mol. The van der Waals surface area contributed by atoms with Gasteiger partial charge in [-0.15, -0.1) is 0 Å². The number of benzene rings is 1. The maximum atomic E-state index is 12.9. The summed E-state index contributed by atoms with van der Waals surface area (Å²) in [5, 5.41) is 15.5. The molecule has 0 radical (unpaired) electrons. The van der Waals surface area contributed by atoms with Gasteiger partial charge in [0.1, 0.15) is 11.5 Å². The molecule has 0 fully saturated rings. The van der Waals surface area contributed by atoms with Crippen LogP contribution < -0.4 is 10.6 Å². The highest BCUT2D eigenvalue weighted by Gasteiger charge is 2.35. The Morgan fingerprint density at radius 1 is 1.20 bits per heavy atom. The van der Waals surface area contributed by atoms with Crippen LogP contribution in [0.5, 0.6) is 0 Å². The summed E-state index contributed by atoms with van der Waals surface area (Å²) in [7, 11) is 0. The first kappa shape index (κ1) is 17.1. The molecule has 0 amide bonds. The molecule has 1 aliphatic heterocycles. The number of carboxylic acid groups (broad SMARTS) is 1. The first-order valence-electron chi connectivity index (χ1n) is 7.55. The number of hydrogen-bond acceptors (Lipinski definition) is 4. The van der Waals surface area contributed by atoms with Crippen LogP contribution in [0, 0.1) is 0 Å². The van der Waals surface area contributed by atoms with Gasteiger partial charge in [-0.1, -0.05) is 18.2 Å². The first-order valence-corrected chi connectivity index (χ1v) is 7.55. The lowest BCUT2D eigenvalue weighted by Crippen LogP contribution is -2.29. The maximum Gasteiger partial charge on any atom is 0.433 e. The van der Waals surface area contributed by atoms with E-state index in [0.717, 1.165) is 6.07 Å². The first-order chi connectivity index (χ1) is 11.6. The van der Waals surface area contributed by atoms with E-state index in [1.54, 1.807) is 32.0 Å². The highest BCUT2D eigenvalue weighted by atomic mass is 19.4. The summed E-state index contributed by atoms with van der Waals surface area (Å²) in [6, 6.07) is 7.30. The summed E-state index contributed by atoms with van der Waals surface area (Å²) in [5.41, 5.74) is -0.0265. The predicted octanol–water partition coefficient (Wildman–Crippen LogP) is 4.13. The molecular weight excluding hydrogens is 335 g/mol. The van der Waals surface area contributed by atoms with Gasteiger partial charge in [0, 0.05) is 12.1 Å². The molecular formula is C17H16F3N3O2. The van der Waals surface area contributed by atoms with Crippen molar-refractivity contribution in [1.29, 1.82) is 0 Å². The Balaban J connectivity index is 2.08. The van der Waals surface area contributed by atoms with Gasteiger partial charge in [0.05, 0.1) is 16.8 Å². The van der Waals surface area contributed by atoms with Crippen molar-refractivity contribution in [3.05, 3.63) is 47.2 Å². The normalized spacial score (nSPS) is 13.8. The molecule has 3 N–H and O–H groups in total. The van der Waals surface area contributed by atoms with Crippen LogP contribution in [-0.2, 0) is 22.9 Å². The number of carboxylic acids is 1. The van der Waals surface area contributed by atoms with Crippen LogP contribution in [0.4, 0.5) is 30.4 Å². The van der Waals surface area contributed by atoms with Crippen molar-refractivity contribution < 1.29 is 23.1 Å². The highest BCUT2D eigenvalue weighted by molar-refractivity contribution is 5.88. The van der Waals surface area contributed by atoms with Crippen molar-refractivity contribution in [2.45, 2.75) is 32.0 Å². The molecule has 1 aliphatic rings. The van der Waals surface area contributed by atoms with Crippen molar-refractivity contribution in [1.82, 2.24) is 4.98 Å². The monoisotopic (exact) mass is 351 g/mol. The van der Waals surface area contributed by atoms with E-state index in [0.29, 0.717) is 22.5 Å². The summed E-state index contributed by atoms with van der Waals surface area (Å²) in [4.78, 5) is 15.3.